The minimum absolute atomic E-state index is 0.246. The molecule has 1 aliphatic rings. The molecule has 0 bridgehead atoms. The van der Waals surface area contributed by atoms with Gasteiger partial charge in [0.2, 0.25) is 0 Å². The zero-order valence-electron chi connectivity index (χ0n) is 10.6. The van der Waals surface area contributed by atoms with E-state index >= 15 is 0 Å². The van der Waals surface area contributed by atoms with Gasteiger partial charge in [0, 0.05) is 13.1 Å². The molecule has 0 spiro atoms. The van der Waals surface area contributed by atoms with E-state index in [-0.39, 0.29) is 5.97 Å². The fourth-order valence-corrected chi connectivity index (χ4v) is 2.32. The number of hydrogen-bond donors (Lipinski definition) is 1. The molecule has 3 rings (SSSR count). The molecule has 0 aliphatic carbocycles. The van der Waals surface area contributed by atoms with Crippen molar-refractivity contribution in [2.45, 2.75) is 19.7 Å². The standard InChI is InChI=1S/C16H15NO2/c18-16(19-11-12-5-2-1-3-6-12)14-8-4-7-13-9-17-10-15(13)14/h1-8,17H,9-11H2. The summed E-state index contributed by atoms with van der Waals surface area (Å²) < 4.78 is 5.37. The van der Waals surface area contributed by atoms with Gasteiger partial charge in [-0.05, 0) is 22.8 Å². The highest BCUT2D eigenvalue weighted by Crippen LogP contribution is 2.20. The molecule has 1 N–H and O–H groups in total. The molecule has 0 aromatic heterocycles. The lowest BCUT2D eigenvalue weighted by Crippen LogP contribution is -2.09. The zero-order valence-corrected chi connectivity index (χ0v) is 10.6. The number of fused-ring (bicyclic) bond motifs is 1. The maximum Gasteiger partial charge on any atom is 0.338 e. The van der Waals surface area contributed by atoms with Crippen molar-refractivity contribution in [3.8, 4) is 0 Å². The number of ether oxygens (including phenoxy) is 1. The van der Waals surface area contributed by atoms with Crippen LogP contribution in [0.2, 0.25) is 0 Å². The molecule has 1 heterocycles. The normalized spacial score (nSPS) is 13.1. The Bertz CT molecular complexity index is 593. The molecule has 2 aromatic carbocycles. The van der Waals surface area contributed by atoms with Crippen molar-refractivity contribution in [1.82, 2.24) is 5.32 Å². The van der Waals surface area contributed by atoms with E-state index in [1.54, 1.807) is 0 Å². The number of carbonyl (C=O) groups is 1. The summed E-state index contributed by atoms with van der Waals surface area (Å²) in [7, 11) is 0. The van der Waals surface area contributed by atoms with Crippen LogP contribution in [0.25, 0.3) is 0 Å². The van der Waals surface area contributed by atoms with Crippen molar-refractivity contribution in [2.75, 3.05) is 0 Å². The largest absolute Gasteiger partial charge is 0.457 e. The maximum atomic E-state index is 12.1. The van der Waals surface area contributed by atoms with Gasteiger partial charge in [-0.25, -0.2) is 4.79 Å². The lowest BCUT2D eigenvalue weighted by molar-refractivity contribution is 0.0471. The summed E-state index contributed by atoms with van der Waals surface area (Å²) in [6.07, 6.45) is 0. The Balaban J connectivity index is 1.73. The van der Waals surface area contributed by atoms with E-state index in [1.807, 2.05) is 48.5 Å². The van der Waals surface area contributed by atoms with Crippen molar-refractivity contribution in [1.29, 1.82) is 0 Å². The fraction of sp³-hybridized carbons (Fsp3) is 0.188. The van der Waals surface area contributed by atoms with Gasteiger partial charge in [0.05, 0.1) is 5.56 Å². The smallest absolute Gasteiger partial charge is 0.338 e. The second-order valence-electron chi connectivity index (χ2n) is 4.61. The van der Waals surface area contributed by atoms with Crippen molar-refractivity contribution in [3.63, 3.8) is 0 Å². The van der Waals surface area contributed by atoms with E-state index in [9.17, 15) is 4.79 Å². The van der Waals surface area contributed by atoms with E-state index in [0.29, 0.717) is 12.2 Å². The molecule has 0 radical (unpaired) electrons. The first kappa shape index (κ1) is 11.9. The average molecular weight is 253 g/mol. The van der Waals surface area contributed by atoms with E-state index in [0.717, 1.165) is 24.2 Å². The number of benzene rings is 2. The van der Waals surface area contributed by atoms with Crippen LogP contribution in [0.4, 0.5) is 0 Å². The van der Waals surface area contributed by atoms with E-state index < -0.39 is 0 Å². The number of hydrogen-bond acceptors (Lipinski definition) is 3. The predicted octanol–water partition coefficient (Wildman–Crippen LogP) is 2.65. The number of carbonyl (C=O) groups excluding carboxylic acids is 1. The molecule has 0 atom stereocenters. The minimum Gasteiger partial charge on any atom is -0.457 e. The van der Waals surface area contributed by atoms with Gasteiger partial charge < -0.3 is 10.1 Å². The predicted molar refractivity (Wildman–Crippen MR) is 72.5 cm³/mol. The zero-order chi connectivity index (χ0) is 13.1. The fourth-order valence-electron chi connectivity index (χ4n) is 2.32. The molecule has 19 heavy (non-hydrogen) atoms. The molecule has 0 saturated heterocycles. The van der Waals surface area contributed by atoms with Gasteiger partial charge in [0.25, 0.3) is 0 Å². The van der Waals surface area contributed by atoms with Crippen molar-refractivity contribution < 1.29 is 9.53 Å². The maximum absolute atomic E-state index is 12.1. The Morgan fingerprint density at radius 1 is 1.05 bits per heavy atom. The molecular formula is C16H15NO2. The number of nitrogens with one attached hydrogen (secondary N) is 1. The Labute approximate surface area is 112 Å². The molecule has 0 unspecified atom stereocenters. The molecule has 0 amide bonds. The second kappa shape index (κ2) is 5.24. The van der Waals surface area contributed by atoms with Gasteiger partial charge in [0.1, 0.15) is 6.61 Å². The van der Waals surface area contributed by atoms with E-state index in [2.05, 4.69) is 5.32 Å². The highest BCUT2D eigenvalue weighted by Gasteiger charge is 2.19. The van der Waals surface area contributed by atoms with Crippen LogP contribution in [0.1, 0.15) is 27.0 Å². The van der Waals surface area contributed by atoms with Gasteiger partial charge in [-0.1, -0.05) is 42.5 Å². The quantitative estimate of drug-likeness (QED) is 0.855. The second-order valence-corrected chi connectivity index (χ2v) is 4.61. The molecule has 3 heteroatoms. The summed E-state index contributed by atoms with van der Waals surface area (Å²) in [5.41, 5.74) is 3.94. The molecule has 2 aromatic rings. The first-order chi connectivity index (χ1) is 9.34. The number of rotatable bonds is 3. The molecule has 0 fully saturated rings. The molecule has 3 nitrogen and oxygen atoms in total. The van der Waals surface area contributed by atoms with E-state index in [4.69, 9.17) is 4.74 Å². The summed E-state index contributed by atoms with van der Waals surface area (Å²) >= 11 is 0. The average Bonchev–Trinajstić information content (AvgIpc) is 2.94. The molecule has 96 valence electrons. The van der Waals surface area contributed by atoms with Crippen LogP contribution in [0, 0.1) is 0 Å². The summed E-state index contributed by atoms with van der Waals surface area (Å²) in [5, 5.41) is 3.25. The van der Waals surface area contributed by atoms with Crippen LogP contribution >= 0.6 is 0 Å². The highest BCUT2D eigenvalue weighted by atomic mass is 16.5. The monoisotopic (exact) mass is 253 g/mol. The van der Waals surface area contributed by atoms with Gasteiger partial charge >= 0.3 is 5.97 Å². The first-order valence-corrected chi connectivity index (χ1v) is 6.37. The van der Waals surface area contributed by atoms with Gasteiger partial charge in [-0.3, -0.25) is 0 Å². The van der Waals surface area contributed by atoms with Crippen LogP contribution in [-0.4, -0.2) is 5.97 Å². The van der Waals surface area contributed by atoms with Crippen molar-refractivity contribution in [3.05, 3.63) is 70.8 Å². The van der Waals surface area contributed by atoms with Crippen LogP contribution < -0.4 is 5.32 Å². The lowest BCUT2D eigenvalue weighted by atomic mass is 10.0. The summed E-state index contributed by atoms with van der Waals surface area (Å²) in [6.45, 7) is 1.89. The Morgan fingerprint density at radius 3 is 2.74 bits per heavy atom. The summed E-state index contributed by atoms with van der Waals surface area (Å²) in [5.74, 6) is -0.246. The van der Waals surface area contributed by atoms with Crippen LogP contribution in [0.15, 0.2) is 48.5 Å². The lowest BCUT2D eigenvalue weighted by Gasteiger charge is -2.08. The first-order valence-electron chi connectivity index (χ1n) is 6.37. The third-order valence-electron chi connectivity index (χ3n) is 3.32. The molecule has 0 saturated carbocycles. The van der Waals surface area contributed by atoms with Crippen LogP contribution in [0.3, 0.4) is 0 Å². The Hall–Kier alpha value is -2.13. The Kier molecular flexibility index (Phi) is 3.29. The topological polar surface area (TPSA) is 38.3 Å². The third-order valence-corrected chi connectivity index (χ3v) is 3.32. The summed E-state index contributed by atoms with van der Waals surface area (Å²) in [6, 6.07) is 15.5. The third kappa shape index (κ3) is 2.51. The van der Waals surface area contributed by atoms with Crippen LogP contribution in [-0.2, 0) is 24.4 Å². The van der Waals surface area contributed by atoms with Gasteiger partial charge in [0.15, 0.2) is 0 Å². The van der Waals surface area contributed by atoms with Crippen molar-refractivity contribution >= 4 is 5.97 Å². The Morgan fingerprint density at radius 2 is 1.89 bits per heavy atom. The highest BCUT2D eigenvalue weighted by molar-refractivity contribution is 5.91. The number of esters is 1. The molecule has 1 aliphatic heterocycles. The van der Waals surface area contributed by atoms with E-state index in [1.165, 1.54) is 5.56 Å². The van der Waals surface area contributed by atoms with Gasteiger partial charge in [-0.2, -0.15) is 0 Å². The van der Waals surface area contributed by atoms with Crippen LogP contribution in [0.5, 0.6) is 0 Å². The summed E-state index contributed by atoms with van der Waals surface area (Å²) in [4.78, 5) is 12.1. The van der Waals surface area contributed by atoms with Gasteiger partial charge in [-0.15, -0.1) is 0 Å². The van der Waals surface area contributed by atoms with Crippen molar-refractivity contribution in [2.24, 2.45) is 0 Å². The SMILES string of the molecule is O=C(OCc1ccccc1)c1cccc2c1CNC2. The minimum atomic E-state index is -0.246. The molecular weight excluding hydrogens is 238 g/mol.